The van der Waals surface area contributed by atoms with Crippen molar-refractivity contribution in [2.24, 2.45) is 17.8 Å². The molecule has 4 aliphatic heterocycles. The van der Waals surface area contributed by atoms with Crippen LogP contribution in [0.5, 0.6) is 0 Å². The lowest BCUT2D eigenvalue weighted by Crippen LogP contribution is -2.58. The average molecular weight is 615 g/mol. The second kappa shape index (κ2) is 13.6. The lowest BCUT2D eigenvalue weighted by Gasteiger charge is -2.50. The maximum atomic E-state index is 14.1. The highest BCUT2D eigenvalue weighted by atomic mass is 16.7. The van der Waals surface area contributed by atoms with Crippen molar-refractivity contribution in [3.05, 3.63) is 47.1 Å². The van der Waals surface area contributed by atoms with Crippen LogP contribution in [0.25, 0.3) is 0 Å². The predicted octanol–water partition coefficient (Wildman–Crippen LogP) is 4.86. The molecule has 9 nitrogen and oxygen atoms in total. The van der Waals surface area contributed by atoms with Crippen molar-refractivity contribution in [3.8, 4) is 0 Å². The molecule has 2 bridgehead atoms. The molecule has 1 spiro atoms. The molecule has 4 heterocycles. The molecule has 1 aliphatic carbocycles. The molecule has 9 heteroatoms. The van der Waals surface area contributed by atoms with Crippen LogP contribution in [0.15, 0.2) is 47.1 Å². The number of fused-ring (bicyclic) bond motifs is 2. The molecule has 3 saturated heterocycles. The van der Waals surface area contributed by atoms with Crippen LogP contribution in [0.3, 0.4) is 0 Å². The Kier molecular flexibility index (Phi) is 10.2. The average Bonchev–Trinajstić information content (AvgIpc) is 3.33. The van der Waals surface area contributed by atoms with Gasteiger partial charge >= 0.3 is 11.9 Å². The Morgan fingerprint density at radius 3 is 2.73 bits per heavy atom. The van der Waals surface area contributed by atoms with Gasteiger partial charge in [0.15, 0.2) is 5.79 Å². The van der Waals surface area contributed by atoms with Gasteiger partial charge in [0.2, 0.25) is 0 Å². The van der Waals surface area contributed by atoms with Gasteiger partial charge in [-0.3, -0.25) is 9.59 Å². The maximum Gasteiger partial charge on any atom is 0.316 e. The van der Waals surface area contributed by atoms with E-state index in [9.17, 15) is 19.8 Å². The zero-order valence-corrected chi connectivity index (χ0v) is 26.8. The van der Waals surface area contributed by atoms with E-state index in [-0.39, 0.29) is 37.8 Å². The predicted molar refractivity (Wildman–Crippen MR) is 163 cm³/mol. The van der Waals surface area contributed by atoms with Crippen LogP contribution >= 0.6 is 0 Å². The van der Waals surface area contributed by atoms with Gasteiger partial charge in [-0.2, -0.15) is 0 Å². The minimum Gasteiger partial charge on any atom is -0.462 e. The van der Waals surface area contributed by atoms with E-state index in [4.69, 9.17) is 23.7 Å². The van der Waals surface area contributed by atoms with E-state index in [1.54, 1.807) is 13.0 Å². The fourth-order valence-electron chi connectivity index (χ4n) is 7.53. The number of ether oxygens (including phenoxy) is 5. The van der Waals surface area contributed by atoms with E-state index >= 15 is 0 Å². The van der Waals surface area contributed by atoms with Crippen LogP contribution in [0.1, 0.15) is 86.0 Å². The molecule has 3 fully saturated rings. The molecule has 0 aromatic carbocycles. The third kappa shape index (κ3) is 6.77. The van der Waals surface area contributed by atoms with Crippen LogP contribution < -0.4 is 0 Å². The van der Waals surface area contributed by atoms with Crippen molar-refractivity contribution in [2.75, 3.05) is 13.2 Å². The van der Waals surface area contributed by atoms with Gasteiger partial charge in [0.1, 0.15) is 36.4 Å². The minimum atomic E-state index is -1.83. The van der Waals surface area contributed by atoms with Crippen molar-refractivity contribution in [1.82, 2.24) is 0 Å². The number of carbonyl (C=O) groups excluding carboxylic acids is 2. The van der Waals surface area contributed by atoms with Crippen LogP contribution in [0, 0.1) is 17.8 Å². The number of aliphatic hydroxyl groups excluding tert-OH is 1. The van der Waals surface area contributed by atoms with Gasteiger partial charge in [-0.05, 0) is 55.6 Å². The maximum absolute atomic E-state index is 14.1. The Labute approximate surface area is 261 Å². The first-order chi connectivity index (χ1) is 21.0. The molecule has 44 heavy (non-hydrogen) atoms. The van der Waals surface area contributed by atoms with Gasteiger partial charge in [-0.1, -0.05) is 63.6 Å². The SMILES string of the molecule is CCC(=O)OCC1=C[C@H]2C(=O)O[C@H]3C[C@@H](C/C=C(\C)C[C@@H](C)/C=C/C=C4\CO[C@H]([C@@H]1O)[C@@]42O)O[C@@]1(CC[C@H](C)[C@@H](CC)O1)C3. The standard InChI is InChI=1S/C35H50O9/c1-6-29-23(5)13-14-34(44-29)18-27-17-26(43-34)12-11-22(4)15-21(3)9-8-10-25-20-41-32-31(37)24(19-40-30(36)7-2)16-28(33(38)42-27)35(25,32)39/h8-11,16,21,23,26-29,31-32,37,39H,6-7,12-15,17-20H2,1-5H3/b9-8+,22-11+,25-10+/t21-,23-,26+,27-,28-,29+,31+,32+,34+,35+/m0/s1. The highest BCUT2D eigenvalue weighted by molar-refractivity contribution is 5.79. The van der Waals surface area contributed by atoms with Gasteiger partial charge in [0.25, 0.3) is 0 Å². The number of hydrogen-bond donors (Lipinski definition) is 2. The van der Waals surface area contributed by atoms with E-state index in [0.717, 1.165) is 25.7 Å². The molecule has 0 amide bonds. The quantitative estimate of drug-likeness (QED) is 0.338. The van der Waals surface area contributed by atoms with E-state index in [0.29, 0.717) is 36.3 Å². The van der Waals surface area contributed by atoms with Gasteiger partial charge in [-0.25, -0.2) is 0 Å². The fraction of sp³-hybridized carbons (Fsp3) is 0.714. The van der Waals surface area contributed by atoms with Crippen molar-refractivity contribution in [1.29, 1.82) is 0 Å². The summed E-state index contributed by atoms with van der Waals surface area (Å²) in [6, 6.07) is 0. The summed E-state index contributed by atoms with van der Waals surface area (Å²) in [5.41, 5.74) is 0.217. The molecule has 2 N–H and O–H groups in total. The summed E-state index contributed by atoms with van der Waals surface area (Å²) >= 11 is 0. The molecule has 5 aliphatic rings. The lowest BCUT2D eigenvalue weighted by atomic mass is 9.70. The lowest BCUT2D eigenvalue weighted by molar-refractivity contribution is -0.335. The second-order valence-electron chi connectivity index (χ2n) is 13.5. The van der Waals surface area contributed by atoms with Crippen molar-refractivity contribution < 1.29 is 43.5 Å². The molecule has 0 saturated carbocycles. The summed E-state index contributed by atoms with van der Waals surface area (Å²) < 4.78 is 30.9. The molecule has 0 aromatic rings. The molecular weight excluding hydrogens is 564 g/mol. The number of hydrogen-bond acceptors (Lipinski definition) is 9. The second-order valence-corrected chi connectivity index (χ2v) is 13.5. The van der Waals surface area contributed by atoms with Crippen LogP contribution in [-0.4, -0.2) is 77.3 Å². The molecule has 244 valence electrons. The first kappa shape index (κ1) is 33.1. The molecular formula is C35H50O9. The molecule has 0 unspecified atom stereocenters. The van der Waals surface area contributed by atoms with E-state index in [1.165, 1.54) is 11.6 Å². The summed E-state index contributed by atoms with van der Waals surface area (Å²) in [5, 5.41) is 23.5. The Morgan fingerprint density at radius 1 is 1.18 bits per heavy atom. The fourth-order valence-corrected chi connectivity index (χ4v) is 7.53. The monoisotopic (exact) mass is 614 g/mol. The Hall–Kier alpha value is -2.30. The third-order valence-electron chi connectivity index (χ3n) is 10.1. The highest BCUT2D eigenvalue weighted by Crippen LogP contribution is 2.47. The molecule has 0 aromatic heterocycles. The summed E-state index contributed by atoms with van der Waals surface area (Å²) in [5.74, 6) is -2.41. The van der Waals surface area contributed by atoms with Gasteiger partial charge in [0, 0.05) is 25.7 Å². The normalized spacial score (nSPS) is 44.3. The number of aliphatic hydroxyl groups is 2. The molecule has 0 radical (unpaired) electrons. The van der Waals surface area contributed by atoms with Gasteiger partial charge in [-0.15, -0.1) is 0 Å². The van der Waals surface area contributed by atoms with E-state index < -0.39 is 47.6 Å². The summed E-state index contributed by atoms with van der Waals surface area (Å²) in [7, 11) is 0. The first-order valence-corrected chi connectivity index (χ1v) is 16.5. The van der Waals surface area contributed by atoms with E-state index in [1.807, 2.05) is 6.08 Å². The number of rotatable bonds is 4. The van der Waals surface area contributed by atoms with Crippen molar-refractivity contribution in [2.45, 2.75) is 128 Å². The zero-order valence-electron chi connectivity index (χ0n) is 26.8. The van der Waals surface area contributed by atoms with Gasteiger partial charge < -0.3 is 33.9 Å². The van der Waals surface area contributed by atoms with Crippen LogP contribution in [0.2, 0.25) is 0 Å². The number of esters is 2. The molecule has 10 atom stereocenters. The zero-order chi connectivity index (χ0) is 31.6. The number of carbonyl (C=O) groups is 2. The highest BCUT2D eigenvalue weighted by Gasteiger charge is 2.60. The topological polar surface area (TPSA) is 121 Å². The molecule has 5 rings (SSSR count). The summed E-state index contributed by atoms with van der Waals surface area (Å²) in [4.78, 5) is 26.1. The largest absolute Gasteiger partial charge is 0.462 e. The minimum absolute atomic E-state index is 0.0441. The van der Waals surface area contributed by atoms with Gasteiger partial charge in [0.05, 0.1) is 18.8 Å². The number of allylic oxidation sites excluding steroid dienone is 4. The Balaban J connectivity index is 1.52. The first-order valence-electron chi connectivity index (χ1n) is 16.5. The van der Waals surface area contributed by atoms with Crippen molar-refractivity contribution >= 4 is 11.9 Å². The summed E-state index contributed by atoms with van der Waals surface area (Å²) in [6.45, 7) is 10.1. The summed E-state index contributed by atoms with van der Waals surface area (Å²) in [6.07, 6.45) is 11.6. The van der Waals surface area contributed by atoms with Crippen LogP contribution in [0.4, 0.5) is 0 Å². The smallest absolute Gasteiger partial charge is 0.316 e. The Morgan fingerprint density at radius 2 is 1.98 bits per heavy atom. The van der Waals surface area contributed by atoms with Crippen LogP contribution in [-0.2, 0) is 33.3 Å². The van der Waals surface area contributed by atoms with E-state index in [2.05, 4.69) is 39.8 Å². The third-order valence-corrected chi connectivity index (χ3v) is 10.1. The Bertz CT molecular complexity index is 1200. The van der Waals surface area contributed by atoms with Crippen molar-refractivity contribution in [3.63, 3.8) is 0 Å².